The first-order valence-electron chi connectivity index (χ1n) is 9.92. The van der Waals surface area contributed by atoms with Crippen molar-refractivity contribution in [3.8, 4) is 10.8 Å². The van der Waals surface area contributed by atoms with E-state index >= 15 is 0 Å². The van der Waals surface area contributed by atoms with Crippen LogP contribution in [0.25, 0.3) is 10.8 Å². The van der Waals surface area contributed by atoms with E-state index in [1.807, 2.05) is 61.5 Å². The van der Waals surface area contributed by atoms with Gasteiger partial charge < -0.3 is 10.1 Å². The average Bonchev–Trinajstić information content (AvgIpc) is 3.21. The third kappa shape index (κ3) is 5.39. The molecule has 0 aliphatic heterocycles. The summed E-state index contributed by atoms with van der Waals surface area (Å²) in [6.45, 7) is 3.27. The largest absolute Gasteiger partial charge is 0.372 e. The molecule has 6 nitrogen and oxygen atoms in total. The van der Waals surface area contributed by atoms with E-state index in [1.165, 1.54) is 11.3 Å². The van der Waals surface area contributed by atoms with Crippen molar-refractivity contribution in [1.82, 2.24) is 20.3 Å². The highest BCUT2D eigenvalue weighted by Crippen LogP contribution is 2.25. The van der Waals surface area contributed by atoms with Gasteiger partial charge >= 0.3 is 0 Å². The zero-order chi connectivity index (χ0) is 21.5. The van der Waals surface area contributed by atoms with Crippen LogP contribution in [-0.2, 0) is 24.5 Å². The van der Waals surface area contributed by atoms with Crippen molar-refractivity contribution in [2.24, 2.45) is 0 Å². The summed E-state index contributed by atoms with van der Waals surface area (Å²) in [5.41, 5.74) is 3.88. The number of benzene rings is 2. The molecule has 0 atom stereocenters. The summed E-state index contributed by atoms with van der Waals surface area (Å²) in [6, 6.07) is 19.8. The van der Waals surface area contributed by atoms with Crippen LogP contribution in [0.5, 0.6) is 0 Å². The van der Waals surface area contributed by atoms with Gasteiger partial charge in [-0.1, -0.05) is 54.6 Å². The Morgan fingerprint density at radius 1 is 0.935 bits per heavy atom. The summed E-state index contributed by atoms with van der Waals surface area (Å²) in [5.74, 6) is 0.368. The van der Waals surface area contributed by atoms with Gasteiger partial charge in [0, 0.05) is 18.9 Å². The number of aromatic nitrogens is 3. The molecular weight excluding hydrogens is 408 g/mol. The summed E-state index contributed by atoms with van der Waals surface area (Å²) < 4.78 is 5.87. The van der Waals surface area contributed by atoms with Gasteiger partial charge in [0.25, 0.3) is 5.91 Å². The van der Waals surface area contributed by atoms with Gasteiger partial charge in [0.1, 0.15) is 4.88 Å². The van der Waals surface area contributed by atoms with Crippen molar-refractivity contribution in [2.75, 3.05) is 0 Å². The predicted octanol–water partition coefficient (Wildman–Crippen LogP) is 4.56. The molecular formula is C24H22N4O2S. The third-order valence-corrected chi connectivity index (χ3v) is 5.84. The van der Waals surface area contributed by atoms with Crippen LogP contribution in [0, 0.1) is 6.92 Å². The van der Waals surface area contributed by atoms with E-state index in [0.717, 1.165) is 16.7 Å². The molecule has 0 saturated carbocycles. The second-order valence-electron chi connectivity index (χ2n) is 6.94. The minimum atomic E-state index is -0.155. The normalized spacial score (nSPS) is 10.7. The Balaban J connectivity index is 1.38. The molecule has 0 aliphatic carbocycles. The Morgan fingerprint density at radius 2 is 1.65 bits per heavy atom. The van der Waals surface area contributed by atoms with E-state index in [9.17, 15) is 4.79 Å². The van der Waals surface area contributed by atoms with E-state index in [2.05, 4.69) is 20.3 Å². The van der Waals surface area contributed by atoms with Crippen LogP contribution in [0.3, 0.4) is 0 Å². The lowest BCUT2D eigenvalue weighted by molar-refractivity contribution is 0.0951. The van der Waals surface area contributed by atoms with Crippen molar-refractivity contribution in [1.29, 1.82) is 0 Å². The number of amides is 1. The Morgan fingerprint density at radius 3 is 2.42 bits per heavy atom. The molecule has 2 heterocycles. The molecule has 0 bridgehead atoms. The van der Waals surface area contributed by atoms with Gasteiger partial charge in [0.05, 0.1) is 18.9 Å². The summed E-state index contributed by atoms with van der Waals surface area (Å²) in [6.07, 6.45) is 3.32. The van der Waals surface area contributed by atoms with E-state index in [-0.39, 0.29) is 5.91 Å². The molecule has 0 saturated heterocycles. The third-order valence-electron chi connectivity index (χ3n) is 4.69. The van der Waals surface area contributed by atoms with Gasteiger partial charge in [0.2, 0.25) is 0 Å². The quantitative estimate of drug-likeness (QED) is 0.444. The fourth-order valence-electron chi connectivity index (χ4n) is 3.09. The molecule has 0 fully saturated rings. The minimum absolute atomic E-state index is 0.155. The number of carbonyl (C=O) groups is 1. The van der Waals surface area contributed by atoms with Crippen LogP contribution in [-0.4, -0.2) is 20.9 Å². The van der Waals surface area contributed by atoms with Crippen LogP contribution in [0.1, 0.15) is 32.1 Å². The molecule has 7 heteroatoms. The molecule has 0 spiro atoms. The highest BCUT2D eigenvalue weighted by Gasteiger charge is 2.17. The van der Waals surface area contributed by atoms with Gasteiger partial charge in [-0.3, -0.25) is 4.79 Å². The van der Waals surface area contributed by atoms with Crippen LogP contribution in [0.15, 0.2) is 73.1 Å². The van der Waals surface area contributed by atoms with Crippen molar-refractivity contribution >= 4 is 17.2 Å². The van der Waals surface area contributed by atoms with Crippen LogP contribution >= 0.6 is 11.3 Å². The number of hydrogen-bond donors (Lipinski definition) is 1. The van der Waals surface area contributed by atoms with Crippen molar-refractivity contribution in [3.05, 3.63) is 100 Å². The van der Waals surface area contributed by atoms with E-state index in [4.69, 9.17) is 4.74 Å². The zero-order valence-corrected chi connectivity index (χ0v) is 17.9. The Labute approximate surface area is 185 Å². The molecule has 0 unspecified atom stereocenters. The molecule has 31 heavy (non-hydrogen) atoms. The Kier molecular flexibility index (Phi) is 6.76. The van der Waals surface area contributed by atoms with Gasteiger partial charge in [-0.25, -0.2) is 15.0 Å². The number of ether oxygens (including phenoxy) is 1. The number of nitrogens with zero attached hydrogens (tertiary/aromatic N) is 3. The molecule has 4 aromatic rings. The molecule has 2 aromatic carbocycles. The van der Waals surface area contributed by atoms with Crippen LogP contribution < -0.4 is 5.32 Å². The number of carbonyl (C=O) groups excluding carboxylic acids is 1. The van der Waals surface area contributed by atoms with Gasteiger partial charge in [-0.15, -0.1) is 11.3 Å². The lowest BCUT2D eigenvalue weighted by Crippen LogP contribution is -2.23. The van der Waals surface area contributed by atoms with Crippen LogP contribution in [0.2, 0.25) is 0 Å². The fraction of sp³-hybridized carbons (Fsp3) is 0.167. The summed E-state index contributed by atoms with van der Waals surface area (Å²) in [7, 11) is 0. The molecule has 1 N–H and O–H groups in total. The Hall–Kier alpha value is -3.42. The summed E-state index contributed by atoms with van der Waals surface area (Å²) >= 11 is 1.30. The van der Waals surface area contributed by atoms with E-state index < -0.39 is 0 Å². The molecule has 1 amide bonds. The Bertz CT molecular complexity index is 1150. The molecule has 156 valence electrons. The summed E-state index contributed by atoms with van der Waals surface area (Å²) in [4.78, 5) is 26.2. The number of rotatable bonds is 8. The average molecular weight is 431 g/mol. The molecule has 2 aromatic heterocycles. The van der Waals surface area contributed by atoms with E-state index in [1.54, 1.807) is 18.5 Å². The highest BCUT2D eigenvalue weighted by molar-refractivity contribution is 7.17. The van der Waals surface area contributed by atoms with Crippen LogP contribution in [0.4, 0.5) is 0 Å². The summed E-state index contributed by atoms with van der Waals surface area (Å²) in [5, 5.41) is 3.64. The lowest BCUT2D eigenvalue weighted by Gasteiger charge is -2.11. The maximum absolute atomic E-state index is 12.8. The first-order chi connectivity index (χ1) is 15.2. The SMILES string of the molecule is Cc1nc(-c2ncccn2)sc1C(=O)NCc1ccccc1COCc1ccccc1. The topological polar surface area (TPSA) is 77.0 Å². The maximum Gasteiger partial charge on any atom is 0.263 e. The fourth-order valence-corrected chi connectivity index (χ4v) is 4.02. The number of hydrogen-bond acceptors (Lipinski definition) is 6. The highest BCUT2D eigenvalue weighted by atomic mass is 32.1. The minimum Gasteiger partial charge on any atom is -0.372 e. The van der Waals surface area contributed by atoms with Gasteiger partial charge in [0.15, 0.2) is 10.8 Å². The van der Waals surface area contributed by atoms with Crippen molar-refractivity contribution < 1.29 is 9.53 Å². The zero-order valence-electron chi connectivity index (χ0n) is 17.1. The standard InChI is InChI=1S/C24H22N4O2S/c1-17-21(31-24(28-17)22-25-12-7-13-26-22)23(29)27-14-19-10-5-6-11-20(19)16-30-15-18-8-3-2-4-9-18/h2-13H,14-16H2,1H3,(H,27,29). The smallest absolute Gasteiger partial charge is 0.263 e. The lowest BCUT2D eigenvalue weighted by atomic mass is 10.1. The monoisotopic (exact) mass is 430 g/mol. The first kappa shape index (κ1) is 20.8. The van der Waals surface area contributed by atoms with Crippen molar-refractivity contribution in [2.45, 2.75) is 26.7 Å². The maximum atomic E-state index is 12.8. The number of nitrogens with one attached hydrogen (secondary N) is 1. The van der Waals surface area contributed by atoms with E-state index in [0.29, 0.717) is 41.2 Å². The second-order valence-corrected chi connectivity index (χ2v) is 7.93. The van der Waals surface area contributed by atoms with Gasteiger partial charge in [-0.05, 0) is 29.7 Å². The van der Waals surface area contributed by atoms with Crippen molar-refractivity contribution in [3.63, 3.8) is 0 Å². The molecule has 0 radical (unpaired) electrons. The predicted molar refractivity (Wildman–Crippen MR) is 120 cm³/mol. The first-order valence-corrected chi connectivity index (χ1v) is 10.7. The number of thiazole rings is 1. The molecule has 0 aliphatic rings. The number of aryl methyl sites for hydroxylation is 1. The second kappa shape index (κ2) is 10.1. The van der Waals surface area contributed by atoms with Gasteiger partial charge in [-0.2, -0.15) is 0 Å². The molecule has 4 rings (SSSR count).